The van der Waals surface area contributed by atoms with Crippen LogP contribution in [0.1, 0.15) is 18.4 Å². The molecule has 1 aromatic rings. The molecule has 1 aromatic carbocycles. The van der Waals surface area contributed by atoms with Crippen molar-refractivity contribution in [3.8, 4) is 5.75 Å². The van der Waals surface area contributed by atoms with E-state index < -0.39 is 5.82 Å². The Bertz CT molecular complexity index is 367. The minimum Gasteiger partial charge on any atom is -0.492 e. The van der Waals surface area contributed by atoms with Crippen LogP contribution in [0.3, 0.4) is 0 Å². The summed E-state index contributed by atoms with van der Waals surface area (Å²) in [6.45, 7) is 0.537. The molecule has 2 rings (SSSR count). The van der Waals surface area contributed by atoms with Crippen molar-refractivity contribution >= 4 is 11.6 Å². The minimum atomic E-state index is -0.417. The second-order valence-electron chi connectivity index (χ2n) is 3.96. The molecule has 0 unspecified atom stereocenters. The minimum absolute atomic E-state index is 0.0449. The standard InChI is InChI=1S/C11H13ClFNO/c1-15-10-8(12)4-7(5-9(10)13)11(6-14)2-3-11/h4-5H,2-3,6,14H2,1H3. The molecule has 1 fully saturated rings. The van der Waals surface area contributed by atoms with Gasteiger partial charge in [-0.3, -0.25) is 0 Å². The van der Waals surface area contributed by atoms with Gasteiger partial charge in [-0.25, -0.2) is 4.39 Å². The zero-order chi connectivity index (χ0) is 11.1. The molecule has 0 amide bonds. The summed E-state index contributed by atoms with van der Waals surface area (Å²) < 4.78 is 18.4. The Hall–Kier alpha value is -0.800. The van der Waals surface area contributed by atoms with Crippen LogP contribution in [0.15, 0.2) is 12.1 Å². The number of halogens is 2. The van der Waals surface area contributed by atoms with Gasteiger partial charge in [-0.15, -0.1) is 0 Å². The second kappa shape index (κ2) is 3.65. The van der Waals surface area contributed by atoms with Gasteiger partial charge in [-0.1, -0.05) is 11.6 Å². The van der Waals surface area contributed by atoms with Crippen molar-refractivity contribution in [3.05, 3.63) is 28.5 Å². The van der Waals surface area contributed by atoms with E-state index in [4.69, 9.17) is 22.1 Å². The highest BCUT2D eigenvalue weighted by Gasteiger charge is 2.43. The molecular formula is C11H13ClFNO. The van der Waals surface area contributed by atoms with Gasteiger partial charge >= 0.3 is 0 Å². The van der Waals surface area contributed by atoms with Gasteiger partial charge in [0.15, 0.2) is 11.6 Å². The van der Waals surface area contributed by atoms with E-state index in [1.807, 2.05) is 0 Å². The Kier molecular flexibility index (Phi) is 2.61. The first kappa shape index (κ1) is 10.7. The summed E-state index contributed by atoms with van der Waals surface area (Å²) in [4.78, 5) is 0. The largest absolute Gasteiger partial charge is 0.492 e. The smallest absolute Gasteiger partial charge is 0.173 e. The lowest BCUT2D eigenvalue weighted by Gasteiger charge is -2.15. The molecule has 15 heavy (non-hydrogen) atoms. The average Bonchev–Trinajstić information content (AvgIpc) is 2.97. The maximum atomic E-state index is 13.6. The van der Waals surface area contributed by atoms with E-state index in [0.717, 1.165) is 18.4 Å². The summed E-state index contributed by atoms with van der Waals surface area (Å²) in [6.07, 6.45) is 2.01. The fraction of sp³-hybridized carbons (Fsp3) is 0.455. The zero-order valence-corrected chi connectivity index (χ0v) is 9.27. The summed E-state index contributed by atoms with van der Waals surface area (Å²) >= 11 is 5.92. The van der Waals surface area contributed by atoms with Gasteiger partial charge in [0.2, 0.25) is 0 Å². The molecule has 0 radical (unpaired) electrons. The molecule has 4 heteroatoms. The first-order valence-electron chi connectivity index (χ1n) is 4.86. The van der Waals surface area contributed by atoms with Crippen molar-refractivity contribution in [1.29, 1.82) is 0 Å². The molecule has 0 atom stereocenters. The van der Waals surface area contributed by atoms with Crippen molar-refractivity contribution < 1.29 is 9.13 Å². The van der Waals surface area contributed by atoms with Gasteiger partial charge in [0.25, 0.3) is 0 Å². The molecule has 82 valence electrons. The first-order valence-corrected chi connectivity index (χ1v) is 5.24. The third-order valence-corrected chi connectivity index (χ3v) is 3.34. The van der Waals surface area contributed by atoms with Crippen molar-refractivity contribution in [3.63, 3.8) is 0 Å². The Morgan fingerprint density at radius 3 is 2.60 bits per heavy atom. The van der Waals surface area contributed by atoms with E-state index >= 15 is 0 Å². The van der Waals surface area contributed by atoms with Gasteiger partial charge < -0.3 is 10.5 Å². The molecule has 0 aromatic heterocycles. The van der Waals surface area contributed by atoms with Crippen LogP contribution in [-0.4, -0.2) is 13.7 Å². The molecular weight excluding hydrogens is 217 g/mol. The Morgan fingerprint density at radius 2 is 2.20 bits per heavy atom. The van der Waals surface area contributed by atoms with Crippen molar-refractivity contribution in [2.24, 2.45) is 5.73 Å². The molecule has 0 heterocycles. The molecule has 0 saturated heterocycles. The third kappa shape index (κ3) is 1.70. The lowest BCUT2D eigenvalue weighted by molar-refractivity contribution is 0.386. The quantitative estimate of drug-likeness (QED) is 0.864. The van der Waals surface area contributed by atoms with Crippen LogP contribution in [0, 0.1) is 5.82 Å². The van der Waals surface area contributed by atoms with Crippen LogP contribution in [0.5, 0.6) is 5.75 Å². The lowest BCUT2D eigenvalue weighted by atomic mass is 9.96. The number of hydrogen-bond donors (Lipinski definition) is 1. The molecule has 2 nitrogen and oxygen atoms in total. The topological polar surface area (TPSA) is 35.2 Å². The summed E-state index contributed by atoms with van der Waals surface area (Å²) in [5.41, 5.74) is 6.51. The van der Waals surface area contributed by atoms with Gasteiger partial charge in [-0.05, 0) is 30.5 Å². The van der Waals surface area contributed by atoms with Gasteiger partial charge in [-0.2, -0.15) is 0 Å². The second-order valence-corrected chi connectivity index (χ2v) is 4.36. The monoisotopic (exact) mass is 229 g/mol. The van der Waals surface area contributed by atoms with E-state index in [0.29, 0.717) is 11.6 Å². The molecule has 0 bridgehead atoms. The number of nitrogens with two attached hydrogens (primary N) is 1. The Balaban J connectivity index is 2.44. The summed E-state index contributed by atoms with van der Waals surface area (Å²) in [5, 5.41) is 0.312. The molecule has 0 aliphatic heterocycles. The summed E-state index contributed by atoms with van der Waals surface area (Å²) in [6, 6.07) is 3.23. The Labute approximate surface area is 93.2 Å². The highest BCUT2D eigenvalue weighted by Crippen LogP contribution is 2.48. The van der Waals surface area contributed by atoms with Gasteiger partial charge in [0.05, 0.1) is 12.1 Å². The van der Waals surface area contributed by atoms with E-state index in [1.165, 1.54) is 13.2 Å². The van der Waals surface area contributed by atoms with Gasteiger partial charge in [0, 0.05) is 12.0 Å². The predicted octanol–water partition coefficient (Wildman–Crippen LogP) is 2.48. The lowest BCUT2D eigenvalue weighted by Crippen LogP contribution is -2.19. The third-order valence-electron chi connectivity index (χ3n) is 3.06. The Morgan fingerprint density at radius 1 is 1.53 bits per heavy atom. The maximum Gasteiger partial charge on any atom is 0.173 e. The van der Waals surface area contributed by atoms with Crippen LogP contribution >= 0.6 is 11.6 Å². The number of rotatable bonds is 3. The predicted molar refractivity (Wildman–Crippen MR) is 57.9 cm³/mol. The number of benzene rings is 1. The van der Waals surface area contributed by atoms with Gasteiger partial charge in [0.1, 0.15) is 0 Å². The number of ether oxygens (including phenoxy) is 1. The SMILES string of the molecule is COc1c(F)cc(C2(CN)CC2)cc1Cl. The molecule has 2 N–H and O–H groups in total. The highest BCUT2D eigenvalue weighted by atomic mass is 35.5. The van der Waals surface area contributed by atoms with Crippen LogP contribution in [0.2, 0.25) is 5.02 Å². The number of methoxy groups -OCH3 is 1. The van der Waals surface area contributed by atoms with Crippen molar-refractivity contribution in [2.75, 3.05) is 13.7 Å². The molecule has 1 saturated carbocycles. The van der Waals surface area contributed by atoms with E-state index in [1.54, 1.807) is 6.07 Å². The summed E-state index contributed by atoms with van der Waals surface area (Å²) in [7, 11) is 1.40. The van der Waals surface area contributed by atoms with Crippen LogP contribution in [0.25, 0.3) is 0 Å². The average molecular weight is 230 g/mol. The highest BCUT2D eigenvalue weighted by molar-refractivity contribution is 6.32. The van der Waals surface area contributed by atoms with Crippen LogP contribution in [-0.2, 0) is 5.41 Å². The van der Waals surface area contributed by atoms with E-state index in [9.17, 15) is 4.39 Å². The normalized spacial score (nSPS) is 17.6. The fourth-order valence-corrected chi connectivity index (χ4v) is 2.11. The first-order chi connectivity index (χ1) is 7.13. The molecule has 0 spiro atoms. The zero-order valence-electron chi connectivity index (χ0n) is 8.52. The van der Waals surface area contributed by atoms with E-state index in [2.05, 4.69) is 0 Å². The van der Waals surface area contributed by atoms with Crippen molar-refractivity contribution in [2.45, 2.75) is 18.3 Å². The fourth-order valence-electron chi connectivity index (χ4n) is 1.82. The van der Waals surface area contributed by atoms with Crippen LogP contribution in [0.4, 0.5) is 4.39 Å². The summed E-state index contributed by atoms with van der Waals surface area (Å²) in [5.74, 6) is -0.312. The molecule has 1 aliphatic carbocycles. The number of hydrogen-bond acceptors (Lipinski definition) is 2. The van der Waals surface area contributed by atoms with E-state index in [-0.39, 0.29) is 11.2 Å². The van der Waals surface area contributed by atoms with Crippen LogP contribution < -0.4 is 10.5 Å². The molecule has 1 aliphatic rings. The van der Waals surface area contributed by atoms with Crippen molar-refractivity contribution in [1.82, 2.24) is 0 Å². The maximum absolute atomic E-state index is 13.6.